The van der Waals surface area contributed by atoms with Crippen LogP contribution < -0.4 is 11.2 Å². The molecule has 134 valence electrons. The van der Waals surface area contributed by atoms with Gasteiger partial charge in [0.05, 0.1) is 17.8 Å². The summed E-state index contributed by atoms with van der Waals surface area (Å²) in [5, 5.41) is 0.151. The lowest BCUT2D eigenvalue weighted by Gasteiger charge is -2.15. The summed E-state index contributed by atoms with van der Waals surface area (Å²) in [7, 11) is 0. The lowest BCUT2D eigenvalue weighted by molar-refractivity contribution is 0.747. The molecular formula is C18H11BrClN5O2. The normalized spacial score (nSPS) is 11.0. The predicted molar refractivity (Wildman–Crippen MR) is 105 cm³/mol. The van der Waals surface area contributed by atoms with Crippen LogP contribution in [-0.2, 0) is 6.54 Å². The highest BCUT2D eigenvalue weighted by Gasteiger charge is 2.18. The lowest BCUT2D eigenvalue weighted by atomic mass is 10.2. The molecular weight excluding hydrogens is 434 g/mol. The first-order valence-electron chi connectivity index (χ1n) is 7.87. The second-order valence-corrected chi connectivity index (χ2v) is 7.00. The van der Waals surface area contributed by atoms with Crippen LogP contribution in [0.2, 0.25) is 5.28 Å². The van der Waals surface area contributed by atoms with Crippen molar-refractivity contribution in [2.75, 3.05) is 0 Å². The van der Waals surface area contributed by atoms with Gasteiger partial charge in [-0.2, -0.15) is 4.98 Å². The monoisotopic (exact) mass is 443 g/mol. The van der Waals surface area contributed by atoms with Crippen molar-refractivity contribution in [3.8, 4) is 17.1 Å². The molecule has 2 aliphatic heterocycles. The van der Waals surface area contributed by atoms with Crippen LogP contribution in [0.15, 0.2) is 69.1 Å². The Kier molecular flexibility index (Phi) is 4.59. The van der Waals surface area contributed by atoms with Gasteiger partial charge in [0.25, 0.3) is 5.56 Å². The minimum absolute atomic E-state index is 0.151. The Labute approximate surface area is 166 Å². The van der Waals surface area contributed by atoms with E-state index in [1.165, 1.54) is 0 Å². The minimum Gasteiger partial charge on any atom is -0.328 e. The van der Waals surface area contributed by atoms with Crippen LogP contribution in [0.4, 0.5) is 0 Å². The van der Waals surface area contributed by atoms with E-state index < -0.39 is 11.2 Å². The summed E-state index contributed by atoms with van der Waals surface area (Å²) in [6.07, 6.45) is 4.91. The second kappa shape index (κ2) is 7.05. The summed E-state index contributed by atoms with van der Waals surface area (Å²) in [6, 6.07) is 10.3. The summed E-state index contributed by atoms with van der Waals surface area (Å²) in [6.45, 7) is 0.348. The third-order valence-corrected chi connectivity index (χ3v) is 4.65. The van der Waals surface area contributed by atoms with Gasteiger partial charge in [0.1, 0.15) is 0 Å². The Morgan fingerprint density at radius 2 is 1.85 bits per heavy atom. The molecule has 7 nitrogen and oxygen atoms in total. The molecule has 2 aromatic rings. The molecule has 0 radical (unpaired) electrons. The maximum Gasteiger partial charge on any atom is 0.357 e. The molecule has 0 amide bonds. The van der Waals surface area contributed by atoms with Crippen molar-refractivity contribution in [2.45, 2.75) is 6.54 Å². The molecule has 0 saturated heterocycles. The maximum atomic E-state index is 13.0. The average Bonchev–Trinajstić information content (AvgIpc) is 2.64. The van der Waals surface area contributed by atoms with Gasteiger partial charge in [-0.15, -0.1) is 0 Å². The molecule has 0 fully saturated rings. The smallest absolute Gasteiger partial charge is 0.328 e. The number of benzene rings is 1. The number of halogens is 2. The molecule has 2 aliphatic rings. The first-order chi connectivity index (χ1) is 13.0. The highest BCUT2D eigenvalue weighted by molar-refractivity contribution is 9.10. The Bertz CT molecular complexity index is 1220. The van der Waals surface area contributed by atoms with E-state index in [-0.39, 0.29) is 5.28 Å². The fourth-order valence-electron chi connectivity index (χ4n) is 2.77. The van der Waals surface area contributed by atoms with E-state index in [9.17, 15) is 9.59 Å². The number of nitrogens with zero attached hydrogens (tertiary/aromatic N) is 5. The maximum absolute atomic E-state index is 13.0. The van der Waals surface area contributed by atoms with E-state index in [0.717, 1.165) is 14.6 Å². The van der Waals surface area contributed by atoms with E-state index in [4.69, 9.17) is 11.6 Å². The van der Waals surface area contributed by atoms with Crippen LogP contribution in [0.3, 0.4) is 0 Å². The summed E-state index contributed by atoms with van der Waals surface area (Å²) >= 11 is 9.06. The Morgan fingerprint density at radius 3 is 2.59 bits per heavy atom. The van der Waals surface area contributed by atoms with Crippen molar-refractivity contribution in [1.82, 2.24) is 24.1 Å². The second-order valence-electron chi connectivity index (χ2n) is 5.75. The minimum atomic E-state index is -0.641. The van der Waals surface area contributed by atoms with Crippen molar-refractivity contribution in [1.29, 1.82) is 0 Å². The number of aromatic nitrogens is 5. The third-order valence-electron chi connectivity index (χ3n) is 3.96. The molecule has 1 aromatic carbocycles. The molecule has 0 atom stereocenters. The van der Waals surface area contributed by atoms with E-state index in [2.05, 4.69) is 30.9 Å². The molecule has 0 N–H and O–H groups in total. The van der Waals surface area contributed by atoms with Crippen molar-refractivity contribution in [3.05, 3.63) is 91.1 Å². The van der Waals surface area contributed by atoms with Crippen LogP contribution >= 0.6 is 27.5 Å². The van der Waals surface area contributed by atoms with Gasteiger partial charge in [0.2, 0.25) is 5.28 Å². The number of hydrogen-bond donors (Lipinski definition) is 0. The van der Waals surface area contributed by atoms with Gasteiger partial charge in [-0.05, 0) is 41.9 Å². The zero-order valence-corrected chi connectivity index (χ0v) is 16.1. The fourth-order valence-corrected chi connectivity index (χ4v) is 3.25. The van der Waals surface area contributed by atoms with E-state index in [1.807, 2.05) is 6.07 Å². The quantitative estimate of drug-likeness (QED) is 0.454. The molecule has 0 saturated carbocycles. The Hall–Kier alpha value is -2.84. The number of fused-ring (bicyclic) bond motifs is 1. The van der Waals surface area contributed by atoms with Gasteiger partial charge in [-0.1, -0.05) is 22.0 Å². The molecule has 27 heavy (non-hydrogen) atoms. The largest absolute Gasteiger partial charge is 0.357 e. The summed E-state index contributed by atoms with van der Waals surface area (Å²) < 4.78 is 3.52. The van der Waals surface area contributed by atoms with Crippen LogP contribution in [0.1, 0.15) is 5.56 Å². The van der Waals surface area contributed by atoms with Crippen molar-refractivity contribution in [3.63, 3.8) is 0 Å². The van der Waals surface area contributed by atoms with Crippen LogP contribution in [-0.4, -0.2) is 24.1 Å². The van der Waals surface area contributed by atoms with Gasteiger partial charge in [0.15, 0.2) is 5.82 Å². The first-order valence-corrected chi connectivity index (χ1v) is 9.04. The number of rotatable bonds is 3. The molecule has 0 aliphatic carbocycles. The molecule has 0 unspecified atom stereocenters. The summed E-state index contributed by atoms with van der Waals surface area (Å²) in [5.41, 5.74) is 0.493. The molecule has 3 heterocycles. The topological polar surface area (TPSA) is 82.7 Å². The van der Waals surface area contributed by atoms with Crippen LogP contribution in [0.5, 0.6) is 0 Å². The van der Waals surface area contributed by atoms with Gasteiger partial charge in [-0.3, -0.25) is 4.79 Å². The Morgan fingerprint density at radius 1 is 1.07 bits per heavy atom. The standard InChI is InChI=1S/C18H11BrClN5O2/c19-12-3-1-4-13(7-12)25-16(26)14-5-2-6-24(15(14)23-18(25)27)10-11-8-21-17(20)22-9-11/h1-9H,10H2. The molecule has 0 bridgehead atoms. The van der Waals surface area contributed by atoms with Crippen LogP contribution in [0.25, 0.3) is 17.1 Å². The molecule has 4 rings (SSSR count). The Balaban J connectivity index is 1.87. The van der Waals surface area contributed by atoms with Gasteiger partial charge in [-0.25, -0.2) is 19.3 Å². The molecule has 9 heteroatoms. The molecule has 0 spiro atoms. The van der Waals surface area contributed by atoms with Crippen LogP contribution in [0, 0.1) is 0 Å². The van der Waals surface area contributed by atoms with Crippen molar-refractivity contribution >= 4 is 27.5 Å². The predicted octanol–water partition coefficient (Wildman–Crippen LogP) is 2.75. The zero-order chi connectivity index (χ0) is 19.0. The highest BCUT2D eigenvalue weighted by atomic mass is 79.9. The van der Waals surface area contributed by atoms with E-state index in [0.29, 0.717) is 23.6 Å². The number of hydrogen-bond acceptors (Lipinski definition) is 5. The SMILES string of the molecule is O=c1nc2n(Cc3cnc(Cl)nc3)cccc-2c(=O)n1-c1cccc(Br)c1. The first kappa shape index (κ1) is 17.6. The third kappa shape index (κ3) is 3.41. The zero-order valence-electron chi connectivity index (χ0n) is 13.7. The van der Waals surface area contributed by atoms with E-state index >= 15 is 0 Å². The van der Waals surface area contributed by atoms with Gasteiger partial charge in [0, 0.05) is 28.6 Å². The number of pyridine rings is 1. The fraction of sp³-hybridized carbons (Fsp3) is 0.0556. The highest BCUT2D eigenvalue weighted by Crippen LogP contribution is 2.17. The molecule has 1 aromatic heterocycles. The van der Waals surface area contributed by atoms with Crippen molar-refractivity contribution in [2.24, 2.45) is 0 Å². The average molecular weight is 445 g/mol. The summed E-state index contributed by atoms with van der Waals surface area (Å²) in [4.78, 5) is 37.6. The summed E-state index contributed by atoms with van der Waals surface area (Å²) in [5.74, 6) is 0.300. The van der Waals surface area contributed by atoms with Crippen molar-refractivity contribution < 1.29 is 0 Å². The lowest BCUT2D eigenvalue weighted by Crippen LogP contribution is -2.36. The van der Waals surface area contributed by atoms with Gasteiger partial charge < -0.3 is 4.57 Å². The van der Waals surface area contributed by atoms with Gasteiger partial charge >= 0.3 is 5.69 Å². The van der Waals surface area contributed by atoms with E-state index in [1.54, 1.807) is 53.5 Å².